The van der Waals surface area contributed by atoms with E-state index in [1.165, 1.54) is 10.6 Å². The van der Waals surface area contributed by atoms with Crippen LogP contribution in [0, 0.1) is 6.92 Å². The Morgan fingerprint density at radius 1 is 1.21 bits per heavy atom. The minimum absolute atomic E-state index is 0.497. The first kappa shape index (κ1) is 14.0. The zero-order valence-electron chi connectivity index (χ0n) is 11.4. The molecular formula is C11H19N5O2S. The third-order valence-corrected chi connectivity index (χ3v) is 4.42. The number of nitrogens with zero attached hydrogens (tertiary/aromatic N) is 4. The number of nitrogens with one attached hydrogen (secondary N) is 1. The summed E-state index contributed by atoms with van der Waals surface area (Å²) in [6.45, 7) is 4.13. The molecule has 0 saturated carbocycles. The molecule has 1 aromatic rings. The molecule has 0 spiro atoms. The fourth-order valence-electron chi connectivity index (χ4n) is 2.09. The van der Waals surface area contributed by atoms with E-state index in [0.717, 1.165) is 11.6 Å². The van der Waals surface area contributed by atoms with Gasteiger partial charge in [-0.3, -0.25) is 0 Å². The van der Waals surface area contributed by atoms with Gasteiger partial charge in [-0.05, 0) is 6.92 Å². The van der Waals surface area contributed by atoms with Crippen molar-refractivity contribution in [3.63, 3.8) is 0 Å². The van der Waals surface area contributed by atoms with Crippen molar-refractivity contribution in [2.45, 2.75) is 6.92 Å². The van der Waals surface area contributed by atoms with E-state index in [1.54, 1.807) is 0 Å². The molecule has 2 rings (SSSR count). The highest BCUT2D eigenvalue weighted by atomic mass is 32.2. The zero-order chi connectivity index (χ0) is 14.0. The molecule has 0 aromatic carbocycles. The second-order valence-corrected chi connectivity index (χ2v) is 6.54. The van der Waals surface area contributed by atoms with Crippen LogP contribution in [0.5, 0.6) is 0 Å². The SMILES string of the molecule is CNc1cc(N2CCN(S(C)(=O)=O)CC2)nc(C)n1. The van der Waals surface area contributed by atoms with Crippen molar-refractivity contribution in [2.24, 2.45) is 0 Å². The minimum atomic E-state index is -3.09. The average Bonchev–Trinajstić information content (AvgIpc) is 2.37. The van der Waals surface area contributed by atoms with Gasteiger partial charge in [0.25, 0.3) is 0 Å². The molecule has 7 nitrogen and oxygen atoms in total. The van der Waals surface area contributed by atoms with Gasteiger partial charge in [-0.1, -0.05) is 0 Å². The van der Waals surface area contributed by atoms with Crippen LogP contribution < -0.4 is 10.2 Å². The second kappa shape index (κ2) is 5.30. The second-order valence-electron chi connectivity index (χ2n) is 4.56. The van der Waals surface area contributed by atoms with Crippen LogP contribution in [0.3, 0.4) is 0 Å². The summed E-state index contributed by atoms with van der Waals surface area (Å²) in [5.74, 6) is 2.31. The summed E-state index contributed by atoms with van der Waals surface area (Å²) in [7, 11) is -1.28. The molecule has 0 atom stereocenters. The maximum atomic E-state index is 11.5. The Balaban J connectivity index is 2.11. The number of aromatic nitrogens is 2. The Hall–Kier alpha value is -1.41. The van der Waals surface area contributed by atoms with Crippen LogP contribution in [0.4, 0.5) is 11.6 Å². The van der Waals surface area contributed by atoms with Crippen molar-refractivity contribution in [3.05, 3.63) is 11.9 Å². The first-order chi connectivity index (χ1) is 8.90. The Morgan fingerprint density at radius 3 is 2.37 bits per heavy atom. The highest BCUT2D eigenvalue weighted by Crippen LogP contribution is 2.18. The molecule has 1 aromatic heterocycles. The van der Waals surface area contributed by atoms with Crippen LogP contribution in [0.1, 0.15) is 5.82 Å². The lowest BCUT2D eigenvalue weighted by atomic mass is 10.3. The first-order valence-electron chi connectivity index (χ1n) is 6.13. The number of sulfonamides is 1. The topological polar surface area (TPSA) is 78.4 Å². The van der Waals surface area contributed by atoms with Gasteiger partial charge >= 0.3 is 0 Å². The fraction of sp³-hybridized carbons (Fsp3) is 0.636. The van der Waals surface area contributed by atoms with E-state index in [1.807, 2.05) is 20.0 Å². The van der Waals surface area contributed by atoms with E-state index in [0.29, 0.717) is 32.0 Å². The van der Waals surface area contributed by atoms with Crippen LogP contribution in [0.2, 0.25) is 0 Å². The highest BCUT2D eigenvalue weighted by molar-refractivity contribution is 7.88. The summed E-state index contributed by atoms with van der Waals surface area (Å²) in [6, 6.07) is 1.88. The van der Waals surface area contributed by atoms with Gasteiger partial charge in [0.05, 0.1) is 6.26 Å². The lowest BCUT2D eigenvalue weighted by Gasteiger charge is -2.34. The number of anilines is 2. The Labute approximate surface area is 113 Å². The van der Waals surface area contributed by atoms with Crippen molar-refractivity contribution < 1.29 is 8.42 Å². The minimum Gasteiger partial charge on any atom is -0.373 e. The molecular weight excluding hydrogens is 266 g/mol. The molecule has 0 radical (unpaired) electrons. The quantitative estimate of drug-likeness (QED) is 0.836. The largest absolute Gasteiger partial charge is 0.373 e. The normalized spacial score (nSPS) is 17.5. The average molecular weight is 285 g/mol. The molecule has 1 aliphatic rings. The van der Waals surface area contributed by atoms with E-state index < -0.39 is 10.0 Å². The molecule has 8 heteroatoms. The van der Waals surface area contributed by atoms with Gasteiger partial charge in [-0.15, -0.1) is 0 Å². The number of rotatable bonds is 3. The summed E-state index contributed by atoms with van der Waals surface area (Å²) in [4.78, 5) is 10.7. The van der Waals surface area contributed by atoms with Gasteiger partial charge in [-0.2, -0.15) is 4.31 Å². The van der Waals surface area contributed by atoms with Crippen LogP contribution in [0.25, 0.3) is 0 Å². The first-order valence-corrected chi connectivity index (χ1v) is 7.98. The maximum Gasteiger partial charge on any atom is 0.211 e. The molecule has 1 fully saturated rings. The lowest BCUT2D eigenvalue weighted by molar-refractivity contribution is 0.387. The van der Waals surface area contributed by atoms with Gasteiger partial charge in [0, 0.05) is 39.3 Å². The maximum absolute atomic E-state index is 11.5. The van der Waals surface area contributed by atoms with Crippen LogP contribution in [0.15, 0.2) is 6.07 Å². The molecule has 19 heavy (non-hydrogen) atoms. The third kappa shape index (κ3) is 3.32. The van der Waals surface area contributed by atoms with E-state index >= 15 is 0 Å². The molecule has 106 valence electrons. The van der Waals surface area contributed by atoms with Gasteiger partial charge in [0.15, 0.2) is 0 Å². The monoisotopic (exact) mass is 285 g/mol. The number of hydrogen-bond donors (Lipinski definition) is 1. The van der Waals surface area contributed by atoms with E-state index in [2.05, 4.69) is 20.2 Å². The standard InChI is InChI=1S/C11H19N5O2S/c1-9-13-10(12-2)8-11(14-9)15-4-6-16(7-5-15)19(3,17)18/h8H,4-7H2,1-3H3,(H,12,13,14). The molecule has 1 N–H and O–H groups in total. The third-order valence-electron chi connectivity index (χ3n) is 3.11. The zero-order valence-corrected chi connectivity index (χ0v) is 12.2. The molecule has 1 saturated heterocycles. The smallest absolute Gasteiger partial charge is 0.211 e. The van der Waals surface area contributed by atoms with Gasteiger partial charge in [-0.25, -0.2) is 18.4 Å². The molecule has 0 unspecified atom stereocenters. The predicted octanol–water partition coefficient (Wildman–Crippen LogP) is -0.0917. The van der Waals surface area contributed by atoms with Crippen molar-refractivity contribution in [1.29, 1.82) is 0 Å². The summed E-state index contributed by atoms with van der Waals surface area (Å²) in [6.07, 6.45) is 1.25. The van der Waals surface area contributed by atoms with Crippen molar-refractivity contribution >= 4 is 21.7 Å². The van der Waals surface area contributed by atoms with Crippen molar-refractivity contribution in [3.8, 4) is 0 Å². The van der Waals surface area contributed by atoms with Crippen LogP contribution in [-0.4, -0.2) is 62.2 Å². The summed E-state index contributed by atoms with van der Waals surface area (Å²) >= 11 is 0. The van der Waals surface area contributed by atoms with Gasteiger partial charge in [0.2, 0.25) is 10.0 Å². The molecule has 0 amide bonds. The van der Waals surface area contributed by atoms with Crippen molar-refractivity contribution in [2.75, 3.05) is 49.7 Å². The number of hydrogen-bond acceptors (Lipinski definition) is 6. The van der Waals surface area contributed by atoms with E-state index in [9.17, 15) is 8.42 Å². The summed E-state index contributed by atoms with van der Waals surface area (Å²) < 4.78 is 24.4. The Morgan fingerprint density at radius 2 is 1.84 bits per heavy atom. The Bertz CT molecular complexity index is 552. The number of piperazine rings is 1. The fourth-order valence-corrected chi connectivity index (χ4v) is 2.92. The van der Waals surface area contributed by atoms with Crippen LogP contribution in [-0.2, 0) is 10.0 Å². The number of aryl methyl sites for hydroxylation is 1. The van der Waals surface area contributed by atoms with Crippen LogP contribution >= 0.6 is 0 Å². The summed E-state index contributed by atoms with van der Waals surface area (Å²) in [5.41, 5.74) is 0. The van der Waals surface area contributed by atoms with E-state index in [4.69, 9.17) is 0 Å². The molecule has 0 aliphatic carbocycles. The summed E-state index contributed by atoms with van der Waals surface area (Å²) in [5, 5.41) is 3.00. The van der Waals surface area contributed by atoms with Crippen molar-refractivity contribution in [1.82, 2.24) is 14.3 Å². The molecule has 2 heterocycles. The van der Waals surface area contributed by atoms with Gasteiger partial charge in [0.1, 0.15) is 17.5 Å². The Kier molecular flexibility index (Phi) is 3.91. The molecule has 0 bridgehead atoms. The van der Waals surface area contributed by atoms with Gasteiger partial charge < -0.3 is 10.2 Å². The lowest BCUT2D eigenvalue weighted by Crippen LogP contribution is -2.48. The molecule has 1 aliphatic heterocycles. The van der Waals surface area contributed by atoms with E-state index in [-0.39, 0.29) is 0 Å². The highest BCUT2D eigenvalue weighted by Gasteiger charge is 2.24. The predicted molar refractivity (Wildman–Crippen MR) is 74.9 cm³/mol.